The Hall–Kier alpha value is -2.71. The van der Waals surface area contributed by atoms with Crippen molar-refractivity contribution in [2.24, 2.45) is 0 Å². The highest BCUT2D eigenvalue weighted by atomic mass is 32.2. The van der Waals surface area contributed by atoms with E-state index in [-0.39, 0.29) is 23.1 Å². The number of carbonyl (C=O) groups excluding carboxylic acids is 2. The molecule has 2 aromatic rings. The van der Waals surface area contributed by atoms with Crippen molar-refractivity contribution in [3.8, 4) is 0 Å². The van der Waals surface area contributed by atoms with Gasteiger partial charge in [0.15, 0.2) is 5.78 Å². The summed E-state index contributed by atoms with van der Waals surface area (Å²) in [6.07, 6.45) is 2.81. The number of Topliss-reactive ketones (excluding diaryl/α,β-unsaturated/α-hetero) is 1. The molecule has 2 aromatic carbocycles. The maximum Gasteiger partial charge on any atom is 0.243 e. The van der Waals surface area contributed by atoms with E-state index in [4.69, 9.17) is 0 Å². The molecule has 0 bridgehead atoms. The first-order valence-electron chi connectivity index (χ1n) is 10.0. The van der Waals surface area contributed by atoms with Crippen molar-refractivity contribution in [2.45, 2.75) is 38.0 Å². The number of benzene rings is 2. The van der Waals surface area contributed by atoms with Crippen LogP contribution in [0.4, 0.5) is 11.4 Å². The van der Waals surface area contributed by atoms with Crippen LogP contribution >= 0.6 is 0 Å². The molecule has 0 atom stereocenters. The van der Waals surface area contributed by atoms with Gasteiger partial charge in [-0.05, 0) is 56.5 Å². The third-order valence-corrected chi connectivity index (χ3v) is 7.05. The summed E-state index contributed by atoms with van der Waals surface area (Å²) in [6, 6.07) is 11.7. The maximum atomic E-state index is 12.9. The van der Waals surface area contributed by atoms with Crippen LogP contribution in [0.5, 0.6) is 0 Å². The van der Waals surface area contributed by atoms with Crippen molar-refractivity contribution < 1.29 is 18.0 Å². The monoisotopic (exact) mass is 429 g/mol. The Morgan fingerprint density at radius 3 is 2.47 bits per heavy atom. The van der Waals surface area contributed by atoms with Crippen molar-refractivity contribution in [1.82, 2.24) is 4.31 Å². The first-order chi connectivity index (χ1) is 14.3. The zero-order valence-electron chi connectivity index (χ0n) is 17.3. The highest BCUT2D eigenvalue weighted by Crippen LogP contribution is 2.25. The van der Waals surface area contributed by atoms with E-state index in [9.17, 15) is 18.0 Å². The van der Waals surface area contributed by atoms with Crippen LogP contribution < -0.4 is 10.6 Å². The Balaban J connectivity index is 1.68. The summed E-state index contributed by atoms with van der Waals surface area (Å²) in [4.78, 5) is 24.0. The first-order valence-corrected chi connectivity index (χ1v) is 11.5. The standard InChI is InChI=1S/C22H27N3O4S/c1-16-9-10-20(30(28,29)25-11-4-3-5-12-25)14-21(16)23-15-22(27)24-19-8-6-7-18(13-19)17(2)26/h6-10,13-14,23H,3-5,11-12,15H2,1-2H3,(H,24,27). The number of piperidine rings is 1. The Kier molecular flexibility index (Phi) is 6.89. The molecule has 7 nitrogen and oxygen atoms in total. The summed E-state index contributed by atoms with van der Waals surface area (Å²) in [5.41, 5.74) is 2.50. The second kappa shape index (κ2) is 9.40. The molecule has 0 aliphatic carbocycles. The Bertz CT molecular complexity index is 1040. The fourth-order valence-electron chi connectivity index (χ4n) is 3.40. The summed E-state index contributed by atoms with van der Waals surface area (Å²) < 4.78 is 27.3. The molecule has 1 heterocycles. The smallest absolute Gasteiger partial charge is 0.243 e. The number of hydrogen-bond acceptors (Lipinski definition) is 5. The van der Waals surface area contributed by atoms with Crippen LogP contribution in [0.15, 0.2) is 47.4 Å². The number of nitrogens with one attached hydrogen (secondary N) is 2. The van der Waals surface area contributed by atoms with Gasteiger partial charge in [-0.1, -0.05) is 24.6 Å². The van der Waals surface area contributed by atoms with E-state index in [1.807, 2.05) is 6.92 Å². The summed E-state index contributed by atoms with van der Waals surface area (Å²) >= 11 is 0. The number of rotatable bonds is 7. The highest BCUT2D eigenvalue weighted by molar-refractivity contribution is 7.89. The highest BCUT2D eigenvalue weighted by Gasteiger charge is 2.26. The van der Waals surface area contributed by atoms with E-state index >= 15 is 0 Å². The van der Waals surface area contributed by atoms with Crippen molar-refractivity contribution in [2.75, 3.05) is 30.3 Å². The number of ketones is 1. The van der Waals surface area contributed by atoms with Crippen LogP contribution in [-0.4, -0.2) is 44.0 Å². The molecule has 0 aromatic heterocycles. The van der Waals surface area contributed by atoms with Gasteiger partial charge in [-0.15, -0.1) is 0 Å². The SMILES string of the molecule is CC(=O)c1cccc(NC(=O)CNc2cc(S(=O)(=O)N3CCCCC3)ccc2C)c1. The lowest BCUT2D eigenvalue weighted by atomic mass is 10.1. The molecule has 0 unspecified atom stereocenters. The van der Waals surface area contributed by atoms with Crippen LogP contribution in [-0.2, 0) is 14.8 Å². The minimum Gasteiger partial charge on any atom is -0.376 e. The average Bonchev–Trinajstić information content (AvgIpc) is 2.74. The number of sulfonamides is 1. The molecule has 1 fully saturated rings. The molecular weight excluding hydrogens is 402 g/mol. The van der Waals surface area contributed by atoms with Crippen LogP contribution in [0, 0.1) is 6.92 Å². The third-order valence-electron chi connectivity index (χ3n) is 5.15. The molecule has 1 saturated heterocycles. The predicted molar refractivity (Wildman–Crippen MR) is 117 cm³/mol. The van der Waals surface area contributed by atoms with E-state index in [2.05, 4.69) is 10.6 Å². The van der Waals surface area contributed by atoms with E-state index in [1.54, 1.807) is 42.5 Å². The minimum atomic E-state index is -3.54. The lowest BCUT2D eigenvalue weighted by Gasteiger charge is -2.26. The van der Waals surface area contributed by atoms with Gasteiger partial charge in [-0.25, -0.2) is 8.42 Å². The molecule has 1 aliphatic rings. The molecule has 30 heavy (non-hydrogen) atoms. The van der Waals surface area contributed by atoms with Gasteiger partial charge in [-0.3, -0.25) is 9.59 Å². The Morgan fingerprint density at radius 1 is 1.03 bits per heavy atom. The molecule has 0 spiro atoms. The molecule has 160 valence electrons. The van der Waals surface area contributed by atoms with Crippen molar-refractivity contribution in [3.05, 3.63) is 53.6 Å². The Morgan fingerprint density at radius 2 is 1.77 bits per heavy atom. The van der Waals surface area contributed by atoms with Crippen LogP contribution in [0.3, 0.4) is 0 Å². The number of anilines is 2. The zero-order chi connectivity index (χ0) is 21.7. The molecule has 3 rings (SSSR count). The number of hydrogen-bond donors (Lipinski definition) is 2. The number of nitrogens with zero attached hydrogens (tertiary/aromatic N) is 1. The fourth-order valence-corrected chi connectivity index (χ4v) is 4.95. The van der Waals surface area contributed by atoms with Crippen molar-refractivity contribution in [3.63, 3.8) is 0 Å². The van der Waals surface area contributed by atoms with Crippen LogP contribution in [0.2, 0.25) is 0 Å². The topological polar surface area (TPSA) is 95.6 Å². The van der Waals surface area contributed by atoms with Gasteiger partial charge in [0.05, 0.1) is 11.4 Å². The van der Waals surface area contributed by atoms with E-state index in [0.29, 0.717) is 30.0 Å². The molecule has 8 heteroatoms. The maximum absolute atomic E-state index is 12.9. The lowest BCUT2D eigenvalue weighted by molar-refractivity contribution is -0.114. The van der Waals surface area contributed by atoms with E-state index < -0.39 is 10.0 Å². The average molecular weight is 430 g/mol. The summed E-state index contributed by atoms with van der Waals surface area (Å²) in [5, 5.41) is 5.77. The quantitative estimate of drug-likeness (QED) is 0.658. The predicted octanol–water partition coefficient (Wildman–Crippen LogP) is 3.42. The van der Waals surface area contributed by atoms with Crippen molar-refractivity contribution in [1.29, 1.82) is 0 Å². The van der Waals surface area contributed by atoms with Gasteiger partial charge < -0.3 is 10.6 Å². The summed E-state index contributed by atoms with van der Waals surface area (Å²) in [7, 11) is -3.54. The molecule has 1 amide bonds. The van der Waals surface area contributed by atoms with Crippen LogP contribution in [0.1, 0.15) is 42.1 Å². The first kappa shape index (κ1) is 22.0. The fraction of sp³-hybridized carbons (Fsp3) is 0.364. The number of amides is 1. The molecular formula is C22H27N3O4S. The molecule has 0 saturated carbocycles. The normalized spacial score (nSPS) is 14.9. The van der Waals surface area contributed by atoms with E-state index in [0.717, 1.165) is 24.8 Å². The van der Waals surface area contributed by atoms with Gasteiger partial charge in [0.1, 0.15) is 0 Å². The van der Waals surface area contributed by atoms with Crippen LogP contribution in [0.25, 0.3) is 0 Å². The molecule has 1 aliphatic heterocycles. The molecule has 2 N–H and O–H groups in total. The zero-order valence-corrected chi connectivity index (χ0v) is 18.1. The Labute approximate surface area is 177 Å². The van der Waals surface area contributed by atoms with Gasteiger partial charge in [-0.2, -0.15) is 4.31 Å². The van der Waals surface area contributed by atoms with Gasteiger partial charge in [0.2, 0.25) is 15.9 Å². The number of carbonyl (C=O) groups is 2. The summed E-state index contributed by atoms with van der Waals surface area (Å²) in [6.45, 7) is 4.38. The largest absolute Gasteiger partial charge is 0.376 e. The number of aryl methyl sites for hydroxylation is 1. The van der Waals surface area contributed by atoms with Gasteiger partial charge in [0.25, 0.3) is 0 Å². The van der Waals surface area contributed by atoms with Gasteiger partial charge >= 0.3 is 0 Å². The minimum absolute atomic E-state index is 0.0294. The second-order valence-corrected chi connectivity index (χ2v) is 9.42. The molecule has 0 radical (unpaired) electrons. The van der Waals surface area contributed by atoms with E-state index in [1.165, 1.54) is 11.2 Å². The third kappa shape index (κ3) is 5.25. The summed E-state index contributed by atoms with van der Waals surface area (Å²) in [5.74, 6) is -0.369. The lowest BCUT2D eigenvalue weighted by Crippen LogP contribution is -2.35. The van der Waals surface area contributed by atoms with Gasteiger partial charge in [0, 0.05) is 30.0 Å². The van der Waals surface area contributed by atoms with Crippen molar-refractivity contribution >= 4 is 33.1 Å². The second-order valence-electron chi connectivity index (χ2n) is 7.48.